The maximum absolute atomic E-state index is 13.6. The van der Waals surface area contributed by atoms with E-state index in [0.717, 1.165) is 77.1 Å². The Balaban J connectivity index is 1.21. The standard InChI is InChI=1S/C30H36ClN5OS/c1-21-18-22(2)28(33-23-10-12-35(13-11-23)29-9-4-3-8-27(29)31)20-26(21)30(37)36-16-14-34(15-17-36)24-6-5-7-25(19-24)38-32/h3-9,18-20,23,33H,10-17,32H2,1-2H3. The molecule has 0 spiro atoms. The van der Waals surface area contributed by atoms with Gasteiger partial charge < -0.3 is 20.0 Å². The highest BCUT2D eigenvalue weighted by atomic mass is 35.5. The third kappa shape index (κ3) is 5.90. The van der Waals surface area contributed by atoms with Crippen molar-refractivity contribution in [2.75, 3.05) is 54.4 Å². The minimum atomic E-state index is 0.116. The number of piperazine rings is 1. The number of nitrogens with two attached hydrogens (primary N) is 1. The van der Waals surface area contributed by atoms with Crippen LogP contribution in [-0.2, 0) is 0 Å². The molecule has 1 amide bonds. The number of anilines is 3. The summed E-state index contributed by atoms with van der Waals surface area (Å²) in [5, 5.41) is 10.3. The fraction of sp³-hybridized carbons (Fsp3) is 0.367. The van der Waals surface area contributed by atoms with Crippen molar-refractivity contribution in [1.29, 1.82) is 0 Å². The Morgan fingerprint density at radius 1 is 0.895 bits per heavy atom. The summed E-state index contributed by atoms with van der Waals surface area (Å²) < 4.78 is 0. The highest BCUT2D eigenvalue weighted by Gasteiger charge is 2.25. The van der Waals surface area contributed by atoms with Crippen molar-refractivity contribution in [3.8, 4) is 0 Å². The monoisotopic (exact) mass is 549 g/mol. The maximum atomic E-state index is 13.6. The molecule has 5 rings (SSSR count). The molecular weight excluding hydrogens is 514 g/mol. The minimum absolute atomic E-state index is 0.116. The third-order valence-electron chi connectivity index (χ3n) is 7.74. The molecule has 2 heterocycles. The van der Waals surface area contributed by atoms with Gasteiger partial charge in [0.25, 0.3) is 5.91 Å². The number of amides is 1. The molecule has 2 aliphatic rings. The van der Waals surface area contributed by atoms with E-state index in [1.165, 1.54) is 17.5 Å². The number of benzene rings is 3. The number of carbonyl (C=O) groups excluding carboxylic acids is 1. The molecule has 2 fully saturated rings. The Bertz CT molecular complexity index is 1290. The lowest BCUT2D eigenvalue weighted by Crippen LogP contribution is -2.49. The number of nitrogens with one attached hydrogen (secondary N) is 1. The molecule has 3 aromatic rings. The third-order valence-corrected chi connectivity index (χ3v) is 8.58. The van der Waals surface area contributed by atoms with Crippen molar-refractivity contribution >= 4 is 46.5 Å². The predicted molar refractivity (Wildman–Crippen MR) is 161 cm³/mol. The van der Waals surface area contributed by atoms with Gasteiger partial charge in [-0.15, -0.1) is 0 Å². The summed E-state index contributed by atoms with van der Waals surface area (Å²) in [5.41, 5.74) is 6.33. The summed E-state index contributed by atoms with van der Waals surface area (Å²) in [6.07, 6.45) is 2.04. The Kier molecular flexibility index (Phi) is 8.36. The molecule has 8 heteroatoms. The van der Waals surface area contributed by atoms with Crippen LogP contribution in [0, 0.1) is 13.8 Å². The molecule has 0 unspecified atom stereocenters. The second-order valence-electron chi connectivity index (χ2n) is 10.2. The van der Waals surface area contributed by atoms with Crippen molar-refractivity contribution in [2.24, 2.45) is 5.14 Å². The summed E-state index contributed by atoms with van der Waals surface area (Å²) in [7, 11) is 0. The molecule has 0 bridgehead atoms. The number of nitrogens with zero attached hydrogens (tertiary/aromatic N) is 3. The van der Waals surface area contributed by atoms with Crippen LogP contribution >= 0.6 is 23.5 Å². The van der Waals surface area contributed by atoms with E-state index in [2.05, 4.69) is 52.4 Å². The molecule has 0 radical (unpaired) electrons. The number of para-hydroxylation sites is 1. The minimum Gasteiger partial charge on any atom is -0.382 e. The molecule has 2 saturated heterocycles. The van der Waals surface area contributed by atoms with E-state index >= 15 is 0 Å². The first-order valence-corrected chi connectivity index (χ1v) is 14.6. The lowest BCUT2D eigenvalue weighted by molar-refractivity contribution is 0.0746. The number of rotatable bonds is 6. The van der Waals surface area contributed by atoms with Crippen molar-refractivity contribution in [2.45, 2.75) is 37.6 Å². The van der Waals surface area contributed by atoms with Gasteiger partial charge in [-0.25, -0.2) is 0 Å². The van der Waals surface area contributed by atoms with Crippen LogP contribution in [-0.4, -0.2) is 56.1 Å². The molecular formula is C30H36ClN5OS. The quantitative estimate of drug-likeness (QED) is 0.370. The highest BCUT2D eigenvalue weighted by molar-refractivity contribution is 7.97. The van der Waals surface area contributed by atoms with Gasteiger partial charge in [-0.3, -0.25) is 9.93 Å². The molecule has 0 atom stereocenters. The zero-order valence-electron chi connectivity index (χ0n) is 22.1. The zero-order chi connectivity index (χ0) is 26.6. The molecule has 2 aliphatic heterocycles. The van der Waals surface area contributed by atoms with Crippen LogP contribution in [0.5, 0.6) is 0 Å². The van der Waals surface area contributed by atoms with Crippen LogP contribution in [0.1, 0.15) is 34.3 Å². The molecule has 0 aromatic heterocycles. The molecule has 200 valence electrons. The largest absolute Gasteiger partial charge is 0.382 e. The average molecular weight is 550 g/mol. The molecule has 3 aromatic carbocycles. The molecule has 6 nitrogen and oxygen atoms in total. The van der Waals surface area contributed by atoms with Gasteiger partial charge in [0.1, 0.15) is 0 Å². The number of hydrogen-bond donors (Lipinski definition) is 2. The summed E-state index contributed by atoms with van der Waals surface area (Å²) in [6.45, 7) is 9.09. The van der Waals surface area contributed by atoms with E-state index in [-0.39, 0.29) is 5.91 Å². The molecule has 0 aliphatic carbocycles. The lowest BCUT2D eigenvalue weighted by Gasteiger charge is -2.37. The molecule has 3 N–H and O–H groups in total. The van der Waals surface area contributed by atoms with Crippen LogP contribution in [0.4, 0.5) is 17.1 Å². The van der Waals surface area contributed by atoms with Gasteiger partial charge in [-0.2, -0.15) is 0 Å². The van der Waals surface area contributed by atoms with Crippen LogP contribution in [0.15, 0.2) is 65.6 Å². The Morgan fingerprint density at radius 3 is 2.34 bits per heavy atom. The summed E-state index contributed by atoms with van der Waals surface area (Å²) in [5.74, 6) is 0.116. The normalized spacial score (nSPS) is 16.6. The lowest BCUT2D eigenvalue weighted by atomic mass is 9.99. The van der Waals surface area contributed by atoms with Gasteiger partial charge in [-0.05, 0) is 86.2 Å². The van der Waals surface area contributed by atoms with E-state index < -0.39 is 0 Å². The SMILES string of the molecule is Cc1cc(C)c(C(=O)N2CCN(c3cccc(SN)c3)CC2)cc1NC1CCN(c2ccccc2Cl)CC1. The van der Waals surface area contributed by atoms with Crippen LogP contribution in [0.3, 0.4) is 0 Å². The second kappa shape index (κ2) is 11.9. The van der Waals surface area contributed by atoms with Crippen molar-refractivity contribution in [3.05, 3.63) is 82.4 Å². The van der Waals surface area contributed by atoms with Crippen molar-refractivity contribution < 1.29 is 4.79 Å². The van der Waals surface area contributed by atoms with E-state index in [9.17, 15) is 4.79 Å². The molecule has 38 heavy (non-hydrogen) atoms. The first-order valence-electron chi connectivity index (χ1n) is 13.3. The van der Waals surface area contributed by atoms with E-state index in [4.69, 9.17) is 16.7 Å². The smallest absolute Gasteiger partial charge is 0.254 e. The first-order chi connectivity index (χ1) is 18.4. The first kappa shape index (κ1) is 26.7. The summed E-state index contributed by atoms with van der Waals surface area (Å²) in [4.78, 5) is 21.3. The van der Waals surface area contributed by atoms with Crippen LogP contribution < -0.4 is 20.3 Å². The maximum Gasteiger partial charge on any atom is 0.254 e. The number of halogens is 1. The van der Waals surface area contributed by atoms with Gasteiger partial charge in [0.05, 0.1) is 10.7 Å². The summed E-state index contributed by atoms with van der Waals surface area (Å²) >= 11 is 7.68. The van der Waals surface area contributed by atoms with Crippen LogP contribution in [0.25, 0.3) is 0 Å². The van der Waals surface area contributed by atoms with Gasteiger partial charge in [0, 0.05) is 67.1 Å². The fourth-order valence-corrected chi connectivity index (χ4v) is 6.12. The number of piperidine rings is 1. The number of aryl methyl sites for hydroxylation is 2. The van der Waals surface area contributed by atoms with Gasteiger partial charge >= 0.3 is 0 Å². The Hall–Kier alpha value is -2.87. The van der Waals surface area contributed by atoms with Crippen molar-refractivity contribution in [1.82, 2.24) is 4.90 Å². The zero-order valence-corrected chi connectivity index (χ0v) is 23.7. The topological polar surface area (TPSA) is 64.8 Å². The Morgan fingerprint density at radius 2 is 1.63 bits per heavy atom. The summed E-state index contributed by atoms with van der Waals surface area (Å²) in [6, 6.07) is 20.9. The van der Waals surface area contributed by atoms with E-state index in [1.807, 2.05) is 42.2 Å². The number of hydrogen-bond acceptors (Lipinski definition) is 6. The predicted octanol–water partition coefficient (Wildman–Crippen LogP) is 5.97. The van der Waals surface area contributed by atoms with Crippen LogP contribution in [0.2, 0.25) is 5.02 Å². The second-order valence-corrected chi connectivity index (χ2v) is 11.3. The average Bonchev–Trinajstić information content (AvgIpc) is 2.95. The molecule has 0 saturated carbocycles. The fourth-order valence-electron chi connectivity index (χ4n) is 5.52. The van der Waals surface area contributed by atoms with Gasteiger partial charge in [0.2, 0.25) is 0 Å². The van der Waals surface area contributed by atoms with E-state index in [0.29, 0.717) is 19.1 Å². The Labute approximate surface area is 235 Å². The van der Waals surface area contributed by atoms with Crippen molar-refractivity contribution in [3.63, 3.8) is 0 Å². The highest BCUT2D eigenvalue weighted by Crippen LogP contribution is 2.30. The van der Waals surface area contributed by atoms with Gasteiger partial charge in [-0.1, -0.05) is 35.9 Å². The van der Waals surface area contributed by atoms with Gasteiger partial charge in [0.15, 0.2) is 0 Å². The number of carbonyl (C=O) groups is 1. The van der Waals surface area contributed by atoms with E-state index in [1.54, 1.807) is 0 Å².